The molecule has 38 heavy (non-hydrogen) atoms. The summed E-state index contributed by atoms with van der Waals surface area (Å²) >= 11 is 19.4. The van der Waals surface area contributed by atoms with E-state index in [4.69, 9.17) is 44.3 Å². The van der Waals surface area contributed by atoms with Gasteiger partial charge in [-0.15, -0.1) is 0 Å². The zero-order chi connectivity index (χ0) is 27.6. The Balaban J connectivity index is 1.74. The number of aliphatic carboxylic acids is 1. The molecule has 3 aromatic rings. The molecule has 0 amide bonds. The van der Waals surface area contributed by atoms with Crippen molar-refractivity contribution in [3.8, 4) is 23.0 Å². The molecule has 194 valence electrons. The van der Waals surface area contributed by atoms with Crippen molar-refractivity contribution in [2.24, 2.45) is 0 Å². The highest BCUT2D eigenvalue weighted by atomic mass is 35.5. The van der Waals surface area contributed by atoms with Crippen LogP contribution in [-0.4, -0.2) is 34.2 Å². The van der Waals surface area contributed by atoms with Gasteiger partial charge in [-0.25, -0.2) is 4.79 Å². The van der Waals surface area contributed by atoms with E-state index >= 15 is 0 Å². The number of phenolic OH excluding ortho intramolecular Hbond substituents is 2. The second-order valence-corrected chi connectivity index (χ2v) is 11.2. The van der Waals surface area contributed by atoms with Crippen molar-refractivity contribution in [3.05, 3.63) is 78.3 Å². The monoisotopic (exact) mass is 572 g/mol. The van der Waals surface area contributed by atoms with E-state index in [0.717, 1.165) is 0 Å². The lowest BCUT2D eigenvalue weighted by Crippen LogP contribution is -2.33. The molecule has 1 atom stereocenters. The molecule has 0 saturated heterocycles. The third-order valence-electron chi connectivity index (χ3n) is 7.88. The average Bonchev–Trinajstić information content (AvgIpc) is 3.28. The number of ketones is 1. The SMILES string of the molecule is COc1cc2c(c(O)c1Cl)C(=O)c1c(cc3cc(O)cc4c3c1O[C@@]41C(C)=C(C(=O)O)C(Cl)=C1Cl)C2(C)C. The van der Waals surface area contributed by atoms with Gasteiger partial charge in [-0.2, -0.15) is 0 Å². The summed E-state index contributed by atoms with van der Waals surface area (Å²) in [6, 6.07) is 6.37. The predicted molar refractivity (Wildman–Crippen MR) is 142 cm³/mol. The number of ether oxygens (including phenoxy) is 2. The number of aromatic hydroxyl groups is 2. The maximum Gasteiger partial charge on any atom is 0.337 e. The molecule has 3 N–H and O–H groups in total. The third kappa shape index (κ3) is 2.71. The van der Waals surface area contributed by atoms with Crippen LogP contribution in [-0.2, 0) is 15.8 Å². The summed E-state index contributed by atoms with van der Waals surface area (Å²) in [4.78, 5) is 26.2. The van der Waals surface area contributed by atoms with Gasteiger partial charge in [0, 0.05) is 16.4 Å². The first kappa shape index (κ1) is 24.9. The fourth-order valence-electron chi connectivity index (χ4n) is 6.02. The average molecular weight is 574 g/mol. The Bertz CT molecular complexity index is 1770. The van der Waals surface area contributed by atoms with Crippen molar-refractivity contribution >= 4 is 57.3 Å². The van der Waals surface area contributed by atoms with Gasteiger partial charge in [-0.3, -0.25) is 4.79 Å². The Hall–Kier alpha value is -3.39. The highest BCUT2D eigenvalue weighted by molar-refractivity contribution is 6.44. The maximum atomic E-state index is 14.1. The lowest BCUT2D eigenvalue weighted by atomic mass is 9.67. The first-order valence-corrected chi connectivity index (χ1v) is 12.6. The lowest BCUT2D eigenvalue weighted by Gasteiger charge is -2.36. The molecule has 0 aromatic heterocycles. The quantitative estimate of drug-likeness (QED) is 0.322. The number of halogens is 3. The molecule has 1 heterocycles. The normalized spacial score (nSPS) is 20.8. The van der Waals surface area contributed by atoms with E-state index in [1.54, 1.807) is 12.1 Å². The molecule has 6 rings (SSSR count). The van der Waals surface area contributed by atoms with Crippen molar-refractivity contribution in [2.75, 3.05) is 7.11 Å². The van der Waals surface area contributed by atoms with Gasteiger partial charge in [0.25, 0.3) is 0 Å². The van der Waals surface area contributed by atoms with Crippen molar-refractivity contribution in [2.45, 2.75) is 31.8 Å². The molecule has 1 aliphatic heterocycles. The van der Waals surface area contributed by atoms with Crippen LogP contribution in [0.2, 0.25) is 5.02 Å². The van der Waals surface area contributed by atoms with Crippen LogP contribution < -0.4 is 9.47 Å². The molecule has 7 nitrogen and oxygen atoms in total. The number of fused-ring (bicyclic) bond motifs is 4. The fraction of sp³-hybridized carbons (Fsp3) is 0.214. The van der Waals surface area contributed by atoms with Crippen molar-refractivity contribution in [3.63, 3.8) is 0 Å². The standard InChI is InChI=1S/C28H19Cl3O7/c1-9-16(26(35)36)21(30)25(31)28(9)14-7-11(32)5-10-6-12-19(24(38-28)17(10)14)22(33)18-13(27(12,2)3)8-15(37-4)20(29)23(18)34/h5-8,32,34H,1-4H3,(H,35,36)/t28-/m0/s1. The van der Waals surface area contributed by atoms with Crippen LogP contribution in [0.25, 0.3) is 10.8 Å². The molecule has 0 unspecified atom stereocenters. The van der Waals surface area contributed by atoms with Crippen LogP contribution in [0.5, 0.6) is 23.0 Å². The van der Waals surface area contributed by atoms with E-state index in [-0.39, 0.29) is 54.6 Å². The zero-order valence-electron chi connectivity index (χ0n) is 20.4. The molecule has 0 saturated carbocycles. The summed E-state index contributed by atoms with van der Waals surface area (Å²) in [7, 11) is 1.41. The number of carbonyl (C=O) groups excluding carboxylic acids is 1. The summed E-state index contributed by atoms with van der Waals surface area (Å²) < 4.78 is 11.9. The molecule has 3 aliphatic rings. The summed E-state index contributed by atoms with van der Waals surface area (Å²) in [5.74, 6) is -1.98. The summed E-state index contributed by atoms with van der Waals surface area (Å²) in [5.41, 5.74) is -0.919. The van der Waals surface area contributed by atoms with Gasteiger partial charge in [0.1, 0.15) is 28.0 Å². The predicted octanol–water partition coefficient (Wildman–Crippen LogP) is 6.47. The summed E-state index contributed by atoms with van der Waals surface area (Å²) in [6.45, 7) is 5.29. The molecule has 0 fully saturated rings. The van der Waals surface area contributed by atoms with Crippen LogP contribution in [0.3, 0.4) is 0 Å². The summed E-state index contributed by atoms with van der Waals surface area (Å²) in [5, 5.41) is 32.2. The van der Waals surface area contributed by atoms with Gasteiger partial charge in [0.2, 0.25) is 5.78 Å². The number of carboxylic acid groups (broad SMARTS) is 1. The van der Waals surface area contributed by atoms with Gasteiger partial charge >= 0.3 is 5.97 Å². The van der Waals surface area contributed by atoms with E-state index in [0.29, 0.717) is 27.5 Å². The Morgan fingerprint density at radius 2 is 1.66 bits per heavy atom. The number of hydrogen-bond acceptors (Lipinski definition) is 6. The molecule has 10 heteroatoms. The van der Waals surface area contributed by atoms with Crippen molar-refractivity contribution < 1.29 is 34.4 Å². The Morgan fingerprint density at radius 3 is 2.26 bits per heavy atom. The lowest BCUT2D eigenvalue weighted by molar-refractivity contribution is -0.132. The number of carbonyl (C=O) groups is 2. The van der Waals surface area contributed by atoms with Crippen LogP contribution in [0.1, 0.15) is 53.4 Å². The van der Waals surface area contributed by atoms with Gasteiger partial charge in [-0.1, -0.05) is 48.7 Å². The first-order chi connectivity index (χ1) is 17.8. The van der Waals surface area contributed by atoms with Gasteiger partial charge in [0.15, 0.2) is 5.60 Å². The molecule has 3 aromatic carbocycles. The highest BCUT2D eigenvalue weighted by Crippen LogP contribution is 2.62. The Morgan fingerprint density at radius 1 is 1.00 bits per heavy atom. The smallest absolute Gasteiger partial charge is 0.337 e. The maximum absolute atomic E-state index is 14.1. The molecular formula is C28H19Cl3O7. The van der Waals surface area contributed by atoms with Crippen molar-refractivity contribution in [1.29, 1.82) is 0 Å². The van der Waals surface area contributed by atoms with E-state index in [1.165, 1.54) is 26.2 Å². The van der Waals surface area contributed by atoms with Crippen LogP contribution in [0.4, 0.5) is 0 Å². The fourth-order valence-corrected chi connectivity index (χ4v) is 6.98. The van der Waals surface area contributed by atoms with Gasteiger partial charge in [-0.05, 0) is 53.3 Å². The molecule has 1 spiro atoms. The van der Waals surface area contributed by atoms with Crippen LogP contribution in [0, 0.1) is 0 Å². The number of carboxylic acids is 1. The number of rotatable bonds is 2. The third-order valence-corrected chi connectivity index (χ3v) is 9.17. The minimum atomic E-state index is -1.66. The number of benzene rings is 3. The zero-order valence-corrected chi connectivity index (χ0v) is 22.7. The van der Waals surface area contributed by atoms with Gasteiger partial charge in [0.05, 0.1) is 33.9 Å². The summed E-state index contributed by atoms with van der Waals surface area (Å²) in [6.07, 6.45) is 0. The molecule has 0 radical (unpaired) electrons. The minimum absolute atomic E-state index is 0.0124. The van der Waals surface area contributed by atoms with E-state index in [1.807, 2.05) is 13.8 Å². The second kappa shape index (κ2) is 7.59. The van der Waals surface area contributed by atoms with Crippen molar-refractivity contribution in [1.82, 2.24) is 0 Å². The molecular weight excluding hydrogens is 555 g/mol. The number of phenols is 2. The number of methoxy groups -OCH3 is 1. The van der Waals surface area contributed by atoms with E-state index in [2.05, 4.69) is 0 Å². The van der Waals surface area contributed by atoms with Crippen LogP contribution in [0.15, 0.2) is 45.5 Å². The largest absolute Gasteiger partial charge is 0.508 e. The first-order valence-electron chi connectivity index (χ1n) is 11.5. The minimum Gasteiger partial charge on any atom is -0.508 e. The molecule has 2 aliphatic carbocycles. The van der Waals surface area contributed by atoms with Gasteiger partial charge < -0.3 is 24.8 Å². The Labute approximate surface area is 231 Å². The highest BCUT2D eigenvalue weighted by Gasteiger charge is 2.56. The number of hydrogen-bond donors (Lipinski definition) is 3. The van der Waals surface area contributed by atoms with Crippen LogP contribution >= 0.6 is 34.8 Å². The second-order valence-electron chi connectivity index (χ2n) is 10.1. The van der Waals surface area contributed by atoms with E-state index < -0.39 is 28.5 Å². The van der Waals surface area contributed by atoms with E-state index in [9.17, 15) is 24.9 Å². The molecule has 0 bridgehead atoms. The Kier molecular flexibility index (Phi) is 4.98. The topological polar surface area (TPSA) is 113 Å².